The zero-order valence-electron chi connectivity index (χ0n) is 13.2. The second-order valence-corrected chi connectivity index (χ2v) is 5.28. The number of benzene rings is 1. The Morgan fingerprint density at radius 1 is 1.27 bits per heavy atom. The van der Waals surface area contributed by atoms with Crippen molar-refractivity contribution < 1.29 is 14.3 Å². The summed E-state index contributed by atoms with van der Waals surface area (Å²) in [4.78, 5) is 10.7. The molecule has 1 heterocycles. The number of aldehydes is 1. The van der Waals surface area contributed by atoms with Gasteiger partial charge in [0.05, 0.1) is 26.0 Å². The summed E-state index contributed by atoms with van der Waals surface area (Å²) < 4.78 is 12.4. The molecule has 5 heteroatoms. The molecular weight excluding hydrogens is 280 g/mol. The van der Waals surface area contributed by atoms with Crippen LogP contribution in [0.5, 0.6) is 5.75 Å². The number of carbonyl (C=O) groups excluding carboxylic acids is 1. The Morgan fingerprint density at radius 2 is 2.00 bits per heavy atom. The van der Waals surface area contributed by atoms with Crippen LogP contribution in [0.2, 0.25) is 0 Å². The highest BCUT2D eigenvalue weighted by molar-refractivity contribution is 5.50. The van der Waals surface area contributed by atoms with Gasteiger partial charge in [-0.15, -0.1) is 0 Å². The molecule has 1 aromatic heterocycles. The van der Waals surface area contributed by atoms with E-state index in [2.05, 4.69) is 5.10 Å². The summed E-state index contributed by atoms with van der Waals surface area (Å²) in [6.45, 7) is 2.74. The van der Waals surface area contributed by atoms with Gasteiger partial charge in [0.25, 0.3) is 0 Å². The number of rotatable bonds is 8. The van der Waals surface area contributed by atoms with Crippen LogP contribution in [0.3, 0.4) is 0 Å². The van der Waals surface area contributed by atoms with Crippen molar-refractivity contribution in [3.8, 4) is 5.75 Å². The minimum atomic E-state index is -0.115. The molecule has 0 fully saturated rings. The highest BCUT2D eigenvalue weighted by atomic mass is 16.5. The molecule has 0 N–H and O–H groups in total. The topological polar surface area (TPSA) is 53.4 Å². The number of nitrogens with zero attached hydrogens (tertiary/aromatic N) is 2. The van der Waals surface area contributed by atoms with E-state index in [1.54, 1.807) is 14.2 Å². The lowest BCUT2D eigenvalue weighted by Gasteiger charge is -2.19. The molecule has 2 rings (SSSR count). The van der Waals surface area contributed by atoms with Gasteiger partial charge in [-0.05, 0) is 23.3 Å². The van der Waals surface area contributed by atoms with Crippen LogP contribution < -0.4 is 4.74 Å². The zero-order chi connectivity index (χ0) is 15.9. The van der Waals surface area contributed by atoms with Crippen LogP contribution >= 0.6 is 0 Å². The number of carbonyl (C=O) groups is 1. The Morgan fingerprint density at radius 3 is 2.59 bits per heavy atom. The lowest BCUT2D eigenvalue weighted by atomic mass is 9.96. The first-order valence-electron chi connectivity index (χ1n) is 7.29. The summed E-state index contributed by atoms with van der Waals surface area (Å²) in [6.07, 6.45) is 5.01. The van der Waals surface area contributed by atoms with E-state index in [9.17, 15) is 4.79 Å². The van der Waals surface area contributed by atoms with E-state index < -0.39 is 0 Å². The predicted molar refractivity (Wildman–Crippen MR) is 84.2 cm³/mol. The van der Waals surface area contributed by atoms with Crippen molar-refractivity contribution in [3.05, 3.63) is 47.8 Å². The van der Waals surface area contributed by atoms with Gasteiger partial charge in [-0.2, -0.15) is 5.10 Å². The fourth-order valence-corrected chi connectivity index (χ4v) is 2.43. The van der Waals surface area contributed by atoms with Crippen LogP contribution in [0.25, 0.3) is 0 Å². The van der Waals surface area contributed by atoms with Crippen molar-refractivity contribution in [1.29, 1.82) is 0 Å². The van der Waals surface area contributed by atoms with Crippen LogP contribution in [-0.4, -0.2) is 36.4 Å². The first kappa shape index (κ1) is 16.2. The molecule has 0 saturated heterocycles. The average molecular weight is 302 g/mol. The Bertz CT molecular complexity index is 592. The van der Waals surface area contributed by atoms with Crippen molar-refractivity contribution in [1.82, 2.24) is 9.78 Å². The summed E-state index contributed by atoms with van der Waals surface area (Å²) in [5.74, 6) is 0.968. The predicted octanol–water partition coefficient (Wildman–Crippen LogP) is 2.65. The Labute approximate surface area is 130 Å². The zero-order valence-corrected chi connectivity index (χ0v) is 13.2. The molecule has 0 aliphatic rings. The monoisotopic (exact) mass is 302 g/mol. The molecule has 0 radical (unpaired) electrons. The largest absolute Gasteiger partial charge is 0.497 e. The number of ether oxygens (including phenoxy) is 2. The maximum atomic E-state index is 10.7. The van der Waals surface area contributed by atoms with E-state index in [0.29, 0.717) is 13.0 Å². The summed E-state index contributed by atoms with van der Waals surface area (Å²) in [5.41, 5.74) is 2.22. The molecule has 22 heavy (non-hydrogen) atoms. The molecule has 2 atom stereocenters. The van der Waals surface area contributed by atoms with Gasteiger partial charge >= 0.3 is 0 Å². The van der Waals surface area contributed by atoms with Crippen molar-refractivity contribution >= 4 is 6.29 Å². The molecule has 0 bridgehead atoms. The molecule has 2 aromatic rings. The van der Waals surface area contributed by atoms with Gasteiger partial charge < -0.3 is 14.3 Å². The molecule has 0 aliphatic carbocycles. The molecule has 0 saturated carbocycles. The first-order valence-corrected chi connectivity index (χ1v) is 7.29. The quantitative estimate of drug-likeness (QED) is 0.703. The van der Waals surface area contributed by atoms with E-state index in [1.165, 1.54) is 0 Å². The van der Waals surface area contributed by atoms with Gasteiger partial charge in [0, 0.05) is 25.6 Å². The molecule has 0 aliphatic heterocycles. The molecule has 0 amide bonds. The Kier molecular flexibility index (Phi) is 5.72. The first-order chi connectivity index (χ1) is 10.7. The minimum absolute atomic E-state index is 0.115. The molecule has 0 spiro atoms. The average Bonchev–Trinajstić information content (AvgIpc) is 3.01. The molecule has 5 nitrogen and oxygen atoms in total. The second kappa shape index (κ2) is 7.75. The molecule has 1 unspecified atom stereocenters. The third-order valence-electron chi connectivity index (χ3n) is 3.87. The molecule has 1 aromatic carbocycles. The third kappa shape index (κ3) is 3.95. The van der Waals surface area contributed by atoms with Crippen LogP contribution in [-0.2, 0) is 16.1 Å². The van der Waals surface area contributed by atoms with E-state index >= 15 is 0 Å². The summed E-state index contributed by atoms with van der Waals surface area (Å²) in [5, 5.41) is 4.39. The van der Waals surface area contributed by atoms with E-state index in [0.717, 1.165) is 23.2 Å². The lowest BCUT2D eigenvalue weighted by Crippen LogP contribution is -2.19. The Hall–Kier alpha value is -2.14. The van der Waals surface area contributed by atoms with Crippen molar-refractivity contribution in [3.63, 3.8) is 0 Å². The fourth-order valence-electron chi connectivity index (χ4n) is 2.43. The van der Waals surface area contributed by atoms with Gasteiger partial charge in [0.15, 0.2) is 0 Å². The van der Waals surface area contributed by atoms with Crippen LogP contribution in [0.1, 0.15) is 30.4 Å². The van der Waals surface area contributed by atoms with Gasteiger partial charge in [-0.3, -0.25) is 4.68 Å². The minimum Gasteiger partial charge on any atom is -0.497 e. The number of methoxy groups -OCH3 is 2. The van der Waals surface area contributed by atoms with Gasteiger partial charge in [0.1, 0.15) is 12.0 Å². The standard InChI is InChI=1S/C17H22N2O3/c1-13(17(22-3)8-9-20)15-10-18-19(12-15)11-14-4-6-16(21-2)7-5-14/h4-7,9-10,12-13,17H,8,11H2,1-3H3/t13-,17?/m1/s1. The normalized spacial score (nSPS) is 13.6. The van der Waals surface area contributed by atoms with Crippen LogP contribution in [0.4, 0.5) is 0 Å². The van der Waals surface area contributed by atoms with E-state index in [1.807, 2.05) is 48.3 Å². The lowest BCUT2D eigenvalue weighted by molar-refractivity contribution is -0.110. The SMILES string of the molecule is COc1ccc(Cn2cc([C@@H](C)C(CC=O)OC)cn2)cc1. The van der Waals surface area contributed by atoms with Crippen molar-refractivity contribution in [2.45, 2.75) is 31.9 Å². The summed E-state index contributed by atoms with van der Waals surface area (Å²) >= 11 is 0. The van der Waals surface area contributed by atoms with E-state index in [-0.39, 0.29) is 12.0 Å². The maximum Gasteiger partial charge on any atom is 0.122 e. The number of hydrogen-bond donors (Lipinski definition) is 0. The van der Waals surface area contributed by atoms with Crippen molar-refractivity contribution in [2.24, 2.45) is 0 Å². The van der Waals surface area contributed by atoms with E-state index in [4.69, 9.17) is 9.47 Å². The van der Waals surface area contributed by atoms with Gasteiger partial charge in [-0.25, -0.2) is 0 Å². The Balaban J connectivity index is 2.05. The highest BCUT2D eigenvalue weighted by Crippen LogP contribution is 2.22. The van der Waals surface area contributed by atoms with Crippen LogP contribution in [0.15, 0.2) is 36.7 Å². The maximum absolute atomic E-state index is 10.7. The van der Waals surface area contributed by atoms with Crippen LogP contribution in [0, 0.1) is 0 Å². The third-order valence-corrected chi connectivity index (χ3v) is 3.87. The highest BCUT2D eigenvalue weighted by Gasteiger charge is 2.19. The number of aromatic nitrogens is 2. The second-order valence-electron chi connectivity index (χ2n) is 5.28. The summed E-state index contributed by atoms with van der Waals surface area (Å²) in [7, 11) is 3.29. The molecular formula is C17H22N2O3. The summed E-state index contributed by atoms with van der Waals surface area (Å²) in [6, 6.07) is 7.92. The molecule has 118 valence electrons. The fraction of sp³-hybridized carbons (Fsp3) is 0.412. The van der Waals surface area contributed by atoms with Gasteiger partial charge in [-0.1, -0.05) is 19.1 Å². The smallest absolute Gasteiger partial charge is 0.122 e. The number of hydrogen-bond acceptors (Lipinski definition) is 4. The van der Waals surface area contributed by atoms with Crippen molar-refractivity contribution in [2.75, 3.05) is 14.2 Å². The van der Waals surface area contributed by atoms with Gasteiger partial charge in [0.2, 0.25) is 0 Å².